The first kappa shape index (κ1) is 25.7. The average Bonchev–Trinajstić information content (AvgIpc) is 3.28. The van der Waals surface area contributed by atoms with E-state index in [4.69, 9.17) is 0 Å². The van der Waals surface area contributed by atoms with Crippen molar-refractivity contribution in [2.45, 2.75) is 51.1 Å². The van der Waals surface area contributed by atoms with Crippen molar-refractivity contribution in [1.82, 2.24) is 0 Å². The van der Waals surface area contributed by atoms with Gasteiger partial charge in [-0.05, 0) is 0 Å². The number of unbranched alkanes of at least 4 members (excludes halogenated alkanes) is 1. The maximum atomic E-state index is 2.60. The molecule has 0 amide bonds. The summed E-state index contributed by atoms with van der Waals surface area (Å²) in [5, 5.41) is 2.80. The van der Waals surface area contributed by atoms with Crippen molar-refractivity contribution in [1.29, 1.82) is 0 Å². The molecule has 0 spiro atoms. The Kier molecular flexibility index (Phi) is 8.84. The summed E-state index contributed by atoms with van der Waals surface area (Å²) in [5.74, 6) is 1.12. The molecule has 2 aliphatic carbocycles. The van der Waals surface area contributed by atoms with Crippen molar-refractivity contribution in [3.63, 3.8) is 0 Å². The van der Waals surface area contributed by atoms with Crippen molar-refractivity contribution in [3.05, 3.63) is 91.8 Å². The standard InChI is InChI=1S/C26H23.C2H6Si.2ClH.Zr/c1-2-3-8-20-17-25-22-12-7-5-10-19(22)14-16-24(25)26(20)23-15-13-18-9-4-6-11-21(18)23;1-3-2;;;/h4-7,9-14,16-17,23,26H,2-3,8H2,1H3;1-2H3;2*1H;/q;;;;+2/p-2. The third-order valence-electron chi connectivity index (χ3n) is 6.59. The number of fused-ring (bicyclic) bond motifs is 4. The van der Waals surface area contributed by atoms with Crippen LogP contribution >= 0.6 is 0 Å². The van der Waals surface area contributed by atoms with Gasteiger partial charge in [0.25, 0.3) is 0 Å². The fourth-order valence-electron chi connectivity index (χ4n) is 5.33. The molecule has 5 rings (SSSR count). The van der Waals surface area contributed by atoms with Gasteiger partial charge in [-0.25, -0.2) is 0 Å². The molecule has 0 aliphatic heterocycles. The molecule has 0 fully saturated rings. The largest absolute Gasteiger partial charge is 1.00 e. The van der Waals surface area contributed by atoms with Gasteiger partial charge in [-0.15, -0.1) is 0 Å². The summed E-state index contributed by atoms with van der Waals surface area (Å²) in [6.07, 6.45) is 8.96. The smallest absolute Gasteiger partial charge is 1.00 e. The third kappa shape index (κ3) is 4.67. The maximum absolute atomic E-state index is 2.60. The van der Waals surface area contributed by atoms with E-state index >= 15 is 0 Å². The van der Waals surface area contributed by atoms with Crippen LogP contribution in [0, 0.1) is 0 Å². The SMILES string of the molecule is CCCCC1=Cc2c(ccc3ccccc23)C1C1[C]([Zr+2]=[Si](C)C)=Cc2ccccc21.[Cl-].[Cl-]. The number of benzene rings is 3. The van der Waals surface area contributed by atoms with Crippen LogP contribution < -0.4 is 24.8 Å². The predicted molar refractivity (Wildman–Crippen MR) is 129 cm³/mol. The van der Waals surface area contributed by atoms with E-state index in [2.05, 4.69) is 92.8 Å². The number of rotatable bonds is 5. The molecule has 2 unspecified atom stereocenters. The zero-order valence-corrected chi connectivity index (χ0v) is 23.9. The van der Waals surface area contributed by atoms with E-state index in [9.17, 15) is 0 Å². The van der Waals surface area contributed by atoms with Gasteiger partial charge in [0.15, 0.2) is 0 Å². The fourth-order valence-corrected chi connectivity index (χ4v) is 13.2. The van der Waals surface area contributed by atoms with Crippen LogP contribution in [0.25, 0.3) is 22.9 Å². The Labute approximate surface area is 216 Å². The zero-order valence-electron chi connectivity index (χ0n) is 19.0. The van der Waals surface area contributed by atoms with Gasteiger partial charge >= 0.3 is 193 Å². The van der Waals surface area contributed by atoms with E-state index in [1.807, 2.05) is 3.28 Å². The van der Waals surface area contributed by atoms with E-state index in [0.717, 1.165) is 0 Å². The molecule has 3 aromatic rings. The first-order chi connectivity index (χ1) is 14.7. The molecule has 0 heterocycles. The Morgan fingerprint density at radius 2 is 1.56 bits per heavy atom. The van der Waals surface area contributed by atoms with Crippen LogP contribution in [0.1, 0.15) is 60.3 Å². The minimum Gasteiger partial charge on any atom is -1.00 e. The number of allylic oxidation sites excluding steroid dienone is 2. The number of hydrogen-bond donors (Lipinski definition) is 0. The molecule has 0 saturated heterocycles. The Morgan fingerprint density at radius 3 is 2.34 bits per heavy atom. The summed E-state index contributed by atoms with van der Waals surface area (Å²) in [6, 6.07) is 23.0. The van der Waals surface area contributed by atoms with E-state index < -0.39 is 21.9 Å². The first-order valence-electron chi connectivity index (χ1n) is 11.3. The summed E-state index contributed by atoms with van der Waals surface area (Å²) in [7, 11) is 0. The zero-order chi connectivity index (χ0) is 20.7. The van der Waals surface area contributed by atoms with Crippen molar-refractivity contribution in [3.8, 4) is 0 Å². The summed E-state index contributed by atoms with van der Waals surface area (Å²) in [5.41, 5.74) is 7.67. The van der Waals surface area contributed by atoms with Gasteiger partial charge in [0.05, 0.1) is 0 Å². The van der Waals surface area contributed by atoms with Crippen molar-refractivity contribution >= 4 is 28.4 Å². The van der Waals surface area contributed by atoms with Gasteiger partial charge in [-0.3, -0.25) is 0 Å². The van der Waals surface area contributed by atoms with Crippen LogP contribution in [0.15, 0.2) is 69.5 Å². The number of hydrogen-bond acceptors (Lipinski definition) is 0. The molecular formula is C28H29Cl2SiZr. The molecule has 0 bridgehead atoms. The molecule has 0 aromatic heterocycles. The van der Waals surface area contributed by atoms with Crippen molar-refractivity contribution < 1.29 is 46.7 Å². The Bertz CT molecular complexity index is 1220. The van der Waals surface area contributed by atoms with Gasteiger partial charge in [-0.1, -0.05) is 0 Å². The van der Waals surface area contributed by atoms with Gasteiger partial charge in [-0.2, -0.15) is 0 Å². The van der Waals surface area contributed by atoms with Gasteiger partial charge < -0.3 is 24.8 Å². The second kappa shape index (κ2) is 11.0. The van der Waals surface area contributed by atoms with Crippen LogP contribution in [-0.2, 0) is 21.9 Å². The minimum absolute atomic E-state index is 0. The van der Waals surface area contributed by atoms with Crippen LogP contribution in [0.5, 0.6) is 0 Å². The third-order valence-corrected chi connectivity index (χ3v) is 14.3. The van der Waals surface area contributed by atoms with Crippen LogP contribution in [0.2, 0.25) is 13.1 Å². The monoisotopic (exact) mass is 553 g/mol. The maximum Gasteiger partial charge on any atom is -1.00 e. The van der Waals surface area contributed by atoms with Crippen molar-refractivity contribution in [2.24, 2.45) is 0 Å². The topological polar surface area (TPSA) is 0 Å². The minimum atomic E-state index is -0.495. The fraction of sp³-hybridized carbons (Fsp3) is 0.286. The van der Waals surface area contributed by atoms with E-state index in [1.54, 1.807) is 16.7 Å². The Hall–Kier alpha value is -0.920. The summed E-state index contributed by atoms with van der Waals surface area (Å²) < 4.78 is 1.84. The molecular weight excluding hydrogens is 527 g/mol. The van der Waals surface area contributed by atoms with E-state index in [-0.39, 0.29) is 30.2 Å². The van der Waals surface area contributed by atoms with Crippen LogP contribution in [0.4, 0.5) is 0 Å². The average molecular weight is 556 g/mol. The molecule has 163 valence electrons. The van der Waals surface area contributed by atoms with E-state index in [0.29, 0.717) is 11.8 Å². The molecule has 0 radical (unpaired) electrons. The van der Waals surface area contributed by atoms with Crippen LogP contribution in [-0.4, -0.2) is 5.43 Å². The van der Waals surface area contributed by atoms with Crippen molar-refractivity contribution in [2.75, 3.05) is 0 Å². The predicted octanol–water partition coefficient (Wildman–Crippen LogP) is 1.99. The molecule has 0 N–H and O–H groups in total. The molecule has 2 atom stereocenters. The summed E-state index contributed by atoms with van der Waals surface area (Å²) in [6.45, 7) is 7.38. The second-order valence-electron chi connectivity index (χ2n) is 8.92. The molecule has 0 nitrogen and oxygen atoms in total. The quantitative estimate of drug-likeness (QED) is 0.423. The van der Waals surface area contributed by atoms with Crippen LogP contribution in [0.3, 0.4) is 0 Å². The Morgan fingerprint density at radius 1 is 0.812 bits per heavy atom. The molecule has 0 saturated carbocycles. The Balaban J connectivity index is 0.00000144. The van der Waals surface area contributed by atoms with Gasteiger partial charge in [0.1, 0.15) is 0 Å². The summed E-state index contributed by atoms with van der Waals surface area (Å²) >= 11 is -0.495. The summed E-state index contributed by atoms with van der Waals surface area (Å²) in [4.78, 5) is 0. The molecule has 2 aliphatic rings. The molecule has 32 heavy (non-hydrogen) atoms. The first-order valence-corrected chi connectivity index (χ1v) is 18.7. The molecule has 3 aromatic carbocycles. The second-order valence-corrected chi connectivity index (χ2v) is 21.8. The normalized spacial score (nSPS) is 18.0. The van der Waals surface area contributed by atoms with Gasteiger partial charge in [0.2, 0.25) is 0 Å². The number of halogens is 2. The van der Waals surface area contributed by atoms with Gasteiger partial charge in [0, 0.05) is 0 Å². The van der Waals surface area contributed by atoms with E-state index in [1.165, 1.54) is 41.2 Å². The molecule has 4 heteroatoms.